The first-order valence-corrected chi connectivity index (χ1v) is 6.10. The highest BCUT2D eigenvalue weighted by molar-refractivity contribution is 7.12. The van der Waals surface area contributed by atoms with Crippen LogP contribution in [0.4, 0.5) is 0 Å². The second-order valence-corrected chi connectivity index (χ2v) is 5.45. The van der Waals surface area contributed by atoms with Gasteiger partial charge in [0.05, 0.1) is 5.60 Å². The van der Waals surface area contributed by atoms with E-state index in [1.54, 1.807) is 5.38 Å². The smallest absolute Gasteiger partial charge is 0.346 e. The Hall–Kier alpha value is -0.910. The Morgan fingerprint density at radius 1 is 1.69 bits per heavy atom. The van der Waals surface area contributed by atoms with Crippen LogP contribution in [0, 0.1) is 0 Å². The van der Waals surface area contributed by atoms with Crippen LogP contribution in [0.2, 0.25) is 0 Å². The molecule has 0 amide bonds. The van der Waals surface area contributed by atoms with Gasteiger partial charge in [0.15, 0.2) is 0 Å². The lowest BCUT2D eigenvalue weighted by Crippen LogP contribution is -2.29. The standard InChI is InChI=1S/C11H15NO3S/c1-11(15)3-4-12(7-11)6-8-2-5-16-9(8)10(13)14/h2,5,15H,3-4,6-7H2,1H3,(H,13,14). The van der Waals surface area contributed by atoms with Gasteiger partial charge in [0.1, 0.15) is 4.88 Å². The van der Waals surface area contributed by atoms with Gasteiger partial charge in [-0.25, -0.2) is 4.79 Å². The van der Waals surface area contributed by atoms with Crippen molar-refractivity contribution in [3.05, 3.63) is 21.9 Å². The van der Waals surface area contributed by atoms with Crippen LogP contribution in [-0.2, 0) is 6.54 Å². The fourth-order valence-corrected chi connectivity index (χ4v) is 2.82. The van der Waals surface area contributed by atoms with Crippen molar-refractivity contribution in [2.24, 2.45) is 0 Å². The molecule has 0 saturated carbocycles. The van der Waals surface area contributed by atoms with Crippen molar-refractivity contribution in [1.82, 2.24) is 4.90 Å². The van der Waals surface area contributed by atoms with E-state index in [4.69, 9.17) is 5.11 Å². The lowest BCUT2D eigenvalue weighted by Gasteiger charge is -2.18. The van der Waals surface area contributed by atoms with Crippen LogP contribution in [0.1, 0.15) is 28.6 Å². The molecule has 1 fully saturated rings. The predicted molar refractivity (Wildman–Crippen MR) is 61.8 cm³/mol. The summed E-state index contributed by atoms with van der Waals surface area (Å²) < 4.78 is 0. The molecule has 5 heteroatoms. The number of carboxylic acids is 1. The predicted octanol–water partition coefficient (Wildman–Crippen LogP) is 1.40. The number of aliphatic hydroxyl groups is 1. The van der Waals surface area contributed by atoms with Gasteiger partial charge in [0, 0.05) is 19.6 Å². The molecule has 1 aliphatic rings. The number of likely N-dealkylation sites (tertiary alicyclic amines) is 1. The summed E-state index contributed by atoms with van der Waals surface area (Å²) in [4.78, 5) is 13.4. The summed E-state index contributed by atoms with van der Waals surface area (Å²) in [5, 5.41) is 20.6. The Labute approximate surface area is 98.1 Å². The quantitative estimate of drug-likeness (QED) is 0.840. The minimum atomic E-state index is -0.865. The SMILES string of the molecule is CC1(O)CCN(Cc2ccsc2C(=O)O)C1. The Balaban J connectivity index is 2.05. The largest absolute Gasteiger partial charge is 0.477 e. The summed E-state index contributed by atoms with van der Waals surface area (Å²) in [6.45, 7) is 3.86. The number of carboxylic acid groups (broad SMARTS) is 1. The second kappa shape index (κ2) is 4.16. The maximum Gasteiger partial charge on any atom is 0.346 e. The maximum atomic E-state index is 10.9. The highest BCUT2D eigenvalue weighted by atomic mass is 32.1. The summed E-state index contributed by atoms with van der Waals surface area (Å²) in [5.41, 5.74) is 0.217. The highest BCUT2D eigenvalue weighted by Crippen LogP contribution is 2.24. The monoisotopic (exact) mass is 241 g/mol. The van der Waals surface area contributed by atoms with E-state index in [0.29, 0.717) is 18.0 Å². The number of β-amino-alcohol motifs (C(OH)–C–C–N with tert-alkyl or cyclic N) is 1. The summed E-state index contributed by atoms with van der Waals surface area (Å²) >= 11 is 1.25. The normalized spacial score (nSPS) is 26.1. The third kappa shape index (κ3) is 2.42. The van der Waals surface area contributed by atoms with E-state index >= 15 is 0 Å². The van der Waals surface area contributed by atoms with Gasteiger partial charge in [-0.05, 0) is 30.4 Å². The molecule has 1 atom stereocenters. The van der Waals surface area contributed by atoms with Crippen molar-refractivity contribution in [3.8, 4) is 0 Å². The number of hydrogen-bond acceptors (Lipinski definition) is 4. The molecule has 1 aromatic rings. The van der Waals surface area contributed by atoms with Crippen molar-refractivity contribution in [3.63, 3.8) is 0 Å². The van der Waals surface area contributed by atoms with E-state index in [1.165, 1.54) is 11.3 Å². The van der Waals surface area contributed by atoms with E-state index < -0.39 is 11.6 Å². The zero-order valence-electron chi connectivity index (χ0n) is 9.14. The third-order valence-electron chi connectivity index (χ3n) is 2.87. The lowest BCUT2D eigenvalue weighted by atomic mass is 10.1. The fourth-order valence-electron chi connectivity index (χ4n) is 2.06. The van der Waals surface area contributed by atoms with Crippen molar-refractivity contribution in [1.29, 1.82) is 0 Å². The van der Waals surface area contributed by atoms with E-state index in [-0.39, 0.29) is 0 Å². The van der Waals surface area contributed by atoms with Gasteiger partial charge in [0.25, 0.3) is 0 Å². The number of thiophene rings is 1. The van der Waals surface area contributed by atoms with Gasteiger partial charge < -0.3 is 10.2 Å². The van der Waals surface area contributed by atoms with Crippen LogP contribution in [0.15, 0.2) is 11.4 Å². The number of rotatable bonds is 3. The molecule has 2 heterocycles. The molecule has 1 saturated heterocycles. The summed E-state index contributed by atoms with van der Waals surface area (Å²) in [6.07, 6.45) is 0.750. The van der Waals surface area contributed by atoms with Gasteiger partial charge in [-0.2, -0.15) is 0 Å². The first kappa shape index (κ1) is 11.6. The number of hydrogen-bond donors (Lipinski definition) is 2. The number of aromatic carboxylic acids is 1. The zero-order valence-corrected chi connectivity index (χ0v) is 9.96. The second-order valence-electron chi connectivity index (χ2n) is 4.54. The minimum absolute atomic E-state index is 0.409. The van der Waals surface area contributed by atoms with Crippen molar-refractivity contribution in [2.75, 3.05) is 13.1 Å². The molecular weight excluding hydrogens is 226 g/mol. The molecule has 2 N–H and O–H groups in total. The molecule has 88 valence electrons. The number of nitrogens with zero attached hydrogens (tertiary/aromatic N) is 1. The van der Waals surface area contributed by atoms with Gasteiger partial charge in [-0.15, -0.1) is 11.3 Å². The van der Waals surface area contributed by atoms with Crippen LogP contribution in [0.25, 0.3) is 0 Å². The Morgan fingerprint density at radius 3 is 3.00 bits per heavy atom. The molecule has 1 aliphatic heterocycles. The zero-order chi connectivity index (χ0) is 11.8. The highest BCUT2D eigenvalue weighted by Gasteiger charge is 2.31. The first-order valence-electron chi connectivity index (χ1n) is 5.22. The molecule has 0 bridgehead atoms. The van der Waals surface area contributed by atoms with E-state index in [2.05, 4.69) is 4.90 Å². The van der Waals surface area contributed by atoms with Crippen LogP contribution in [0.3, 0.4) is 0 Å². The first-order chi connectivity index (χ1) is 7.48. The number of carbonyl (C=O) groups is 1. The average Bonchev–Trinajstić information content (AvgIpc) is 2.73. The molecule has 4 nitrogen and oxygen atoms in total. The van der Waals surface area contributed by atoms with Gasteiger partial charge >= 0.3 is 5.97 Å². The van der Waals surface area contributed by atoms with Crippen molar-refractivity contribution in [2.45, 2.75) is 25.5 Å². The van der Waals surface area contributed by atoms with E-state index in [9.17, 15) is 9.90 Å². The Kier molecular flexibility index (Phi) is 3.01. The molecule has 2 rings (SSSR count). The fraction of sp³-hybridized carbons (Fsp3) is 0.545. The summed E-state index contributed by atoms with van der Waals surface area (Å²) in [7, 11) is 0. The molecular formula is C11H15NO3S. The minimum Gasteiger partial charge on any atom is -0.477 e. The molecule has 0 aromatic carbocycles. The molecule has 0 radical (unpaired) electrons. The van der Waals surface area contributed by atoms with Gasteiger partial charge in [0.2, 0.25) is 0 Å². The molecule has 16 heavy (non-hydrogen) atoms. The van der Waals surface area contributed by atoms with Crippen molar-refractivity contribution < 1.29 is 15.0 Å². The van der Waals surface area contributed by atoms with Crippen LogP contribution in [-0.4, -0.2) is 39.8 Å². The maximum absolute atomic E-state index is 10.9. The van der Waals surface area contributed by atoms with Crippen LogP contribution < -0.4 is 0 Å². The van der Waals surface area contributed by atoms with Crippen LogP contribution in [0.5, 0.6) is 0 Å². The Bertz CT molecular complexity index is 400. The van der Waals surface area contributed by atoms with E-state index in [0.717, 1.165) is 18.5 Å². The van der Waals surface area contributed by atoms with Crippen molar-refractivity contribution >= 4 is 17.3 Å². The van der Waals surface area contributed by atoms with Gasteiger partial charge in [-0.1, -0.05) is 0 Å². The Morgan fingerprint density at radius 2 is 2.44 bits per heavy atom. The third-order valence-corrected chi connectivity index (χ3v) is 3.81. The summed E-state index contributed by atoms with van der Waals surface area (Å²) in [6, 6.07) is 1.85. The topological polar surface area (TPSA) is 60.8 Å². The molecule has 0 aliphatic carbocycles. The molecule has 1 aromatic heterocycles. The van der Waals surface area contributed by atoms with Crippen LogP contribution >= 0.6 is 11.3 Å². The average molecular weight is 241 g/mol. The molecule has 1 unspecified atom stereocenters. The van der Waals surface area contributed by atoms with Gasteiger partial charge in [-0.3, -0.25) is 4.90 Å². The lowest BCUT2D eigenvalue weighted by molar-refractivity contribution is 0.0676. The molecule has 0 spiro atoms. The van der Waals surface area contributed by atoms with E-state index in [1.807, 2.05) is 13.0 Å². The summed E-state index contributed by atoms with van der Waals surface area (Å²) in [5.74, 6) is -0.865.